The molecule has 4 rings (SSSR count). The summed E-state index contributed by atoms with van der Waals surface area (Å²) in [4.78, 5) is 41.9. The molecule has 0 aromatic heterocycles. The van der Waals surface area contributed by atoms with Crippen LogP contribution in [0, 0.1) is 5.82 Å². The van der Waals surface area contributed by atoms with Crippen LogP contribution in [0.25, 0.3) is 0 Å². The van der Waals surface area contributed by atoms with Crippen LogP contribution in [0.1, 0.15) is 23.7 Å². The first kappa shape index (κ1) is 20.8. The molecule has 2 heterocycles. The maximum Gasteiger partial charge on any atom is 0.317 e. The molecule has 2 fully saturated rings. The number of nitrogens with one attached hydrogen (secondary N) is 1. The molecule has 0 bridgehead atoms. The average molecular weight is 424 g/mol. The van der Waals surface area contributed by atoms with Gasteiger partial charge in [0.25, 0.3) is 0 Å². The quantitative estimate of drug-likeness (QED) is 0.766. The van der Waals surface area contributed by atoms with Crippen molar-refractivity contribution in [2.24, 2.45) is 0 Å². The van der Waals surface area contributed by atoms with Crippen molar-refractivity contribution in [3.05, 3.63) is 59.9 Å². The van der Waals surface area contributed by atoms with E-state index < -0.39 is 5.82 Å². The van der Waals surface area contributed by atoms with Gasteiger partial charge in [-0.05, 0) is 49.4 Å². The molecular formula is C23H25FN4O3. The topological polar surface area (TPSA) is 73.0 Å². The highest BCUT2D eigenvalue weighted by Crippen LogP contribution is 2.23. The molecule has 2 aliphatic heterocycles. The summed E-state index contributed by atoms with van der Waals surface area (Å²) in [7, 11) is 0. The number of Topliss-reactive ketones (excluding diaryl/α,β-unsaturated/α-hetero) is 1. The van der Waals surface area contributed by atoms with Gasteiger partial charge in [0.05, 0.1) is 6.04 Å². The summed E-state index contributed by atoms with van der Waals surface area (Å²) in [5.74, 6) is -0.490. The predicted octanol–water partition coefficient (Wildman–Crippen LogP) is 2.67. The number of halogens is 1. The van der Waals surface area contributed by atoms with Crippen LogP contribution < -0.4 is 15.1 Å². The van der Waals surface area contributed by atoms with Gasteiger partial charge in [0.1, 0.15) is 5.82 Å². The van der Waals surface area contributed by atoms with Crippen LogP contribution in [0.2, 0.25) is 0 Å². The normalized spacial score (nSPS) is 19.0. The number of benzene rings is 2. The van der Waals surface area contributed by atoms with E-state index in [9.17, 15) is 18.8 Å². The van der Waals surface area contributed by atoms with Crippen molar-refractivity contribution < 1.29 is 18.8 Å². The Morgan fingerprint density at radius 3 is 2.35 bits per heavy atom. The molecule has 2 saturated heterocycles. The van der Waals surface area contributed by atoms with E-state index in [4.69, 9.17) is 0 Å². The lowest BCUT2D eigenvalue weighted by atomic mass is 10.1. The number of urea groups is 1. The number of piperazine rings is 1. The first-order valence-corrected chi connectivity index (χ1v) is 10.4. The van der Waals surface area contributed by atoms with Gasteiger partial charge in [-0.3, -0.25) is 9.59 Å². The summed E-state index contributed by atoms with van der Waals surface area (Å²) < 4.78 is 13.5. The second-order valence-electron chi connectivity index (χ2n) is 7.91. The van der Waals surface area contributed by atoms with Gasteiger partial charge in [-0.15, -0.1) is 0 Å². The van der Waals surface area contributed by atoms with Crippen LogP contribution in [0.15, 0.2) is 48.5 Å². The van der Waals surface area contributed by atoms with Crippen molar-refractivity contribution in [2.45, 2.75) is 19.4 Å². The van der Waals surface area contributed by atoms with Crippen LogP contribution in [0.4, 0.5) is 20.6 Å². The standard InChI is InChI=1S/C23H25FN4O3/c1-16(29)17-5-7-20(8-6-17)26-9-11-27(12-10-26)23(31)25-19-14-22(30)28(15-19)21-4-2-3-18(24)13-21/h2-8,13,19H,9-12,14-15H2,1H3,(H,25,31)/t19-/m0/s1. The van der Waals surface area contributed by atoms with E-state index in [1.54, 1.807) is 24.0 Å². The summed E-state index contributed by atoms with van der Waals surface area (Å²) in [6.45, 7) is 4.37. The van der Waals surface area contributed by atoms with Gasteiger partial charge in [0, 0.05) is 56.1 Å². The summed E-state index contributed by atoms with van der Waals surface area (Å²) in [6.07, 6.45) is 0.199. The number of carbonyl (C=O) groups excluding carboxylic acids is 3. The summed E-state index contributed by atoms with van der Waals surface area (Å²) in [5, 5.41) is 2.94. The third kappa shape index (κ3) is 4.68. The molecule has 1 atom stereocenters. The highest BCUT2D eigenvalue weighted by Gasteiger charge is 2.33. The fraction of sp³-hybridized carbons (Fsp3) is 0.348. The Labute approximate surface area is 180 Å². The van der Waals surface area contributed by atoms with Crippen molar-refractivity contribution in [1.82, 2.24) is 10.2 Å². The van der Waals surface area contributed by atoms with Crippen molar-refractivity contribution in [3.8, 4) is 0 Å². The molecule has 1 N–H and O–H groups in total. The lowest BCUT2D eigenvalue weighted by Crippen LogP contribution is -2.53. The molecule has 0 saturated carbocycles. The van der Waals surface area contributed by atoms with Crippen LogP contribution in [-0.2, 0) is 4.79 Å². The fourth-order valence-corrected chi connectivity index (χ4v) is 4.04. The molecule has 0 unspecified atom stereocenters. The Balaban J connectivity index is 1.29. The van der Waals surface area contributed by atoms with Crippen molar-refractivity contribution in [2.75, 3.05) is 42.5 Å². The van der Waals surface area contributed by atoms with E-state index in [1.165, 1.54) is 17.0 Å². The number of hydrogen-bond acceptors (Lipinski definition) is 4. The van der Waals surface area contributed by atoms with Crippen molar-refractivity contribution in [3.63, 3.8) is 0 Å². The molecule has 7 nitrogen and oxygen atoms in total. The largest absolute Gasteiger partial charge is 0.368 e. The number of hydrogen-bond donors (Lipinski definition) is 1. The molecule has 162 valence electrons. The zero-order valence-corrected chi connectivity index (χ0v) is 17.4. The number of nitrogens with zero attached hydrogens (tertiary/aromatic N) is 3. The smallest absolute Gasteiger partial charge is 0.317 e. The van der Waals surface area contributed by atoms with E-state index in [-0.39, 0.29) is 30.2 Å². The minimum absolute atomic E-state index is 0.0365. The lowest BCUT2D eigenvalue weighted by Gasteiger charge is -2.36. The van der Waals surface area contributed by atoms with E-state index in [0.29, 0.717) is 44.0 Å². The van der Waals surface area contributed by atoms with Gasteiger partial charge in [0.15, 0.2) is 5.78 Å². The molecule has 2 aliphatic rings. The second kappa shape index (κ2) is 8.75. The lowest BCUT2D eigenvalue weighted by molar-refractivity contribution is -0.117. The van der Waals surface area contributed by atoms with Crippen LogP contribution in [0.5, 0.6) is 0 Å². The van der Waals surface area contributed by atoms with Crippen LogP contribution >= 0.6 is 0 Å². The van der Waals surface area contributed by atoms with Crippen molar-refractivity contribution in [1.29, 1.82) is 0 Å². The highest BCUT2D eigenvalue weighted by atomic mass is 19.1. The van der Waals surface area contributed by atoms with Gasteiger partial charge >= 0.3 is 6.03 Å². The van der Waals surface area contributed by atoms with Gasteiger partial charge in [0.2, 0.25) is 5.91 Å². The fourth-order valence-electron chi connectivity index (χ4n) is 4.04. The first-order chi connectivity index (χ1) is 14.9. The molecule has 2 aromatic carbocycles. The van der Waals surface area contributed by atoms with Gasteiger partial charge in [-0.25, -0.2) is 9.18 Å². The Hall–Kier alpha value is -3.42. The molecule has 3 amide bonds. The molecule has 31 heavy (non-hydrogen) atoms. The van der Waals surface area contributed by atoms with E-state index in [2.05, 4.69) is 10.2 Å². The second-order valence-corrected chi connectivity index (χ2v) is 7.91. The molecule has 0 radical (unpaired) electrons. The maximum atomic E-state index is 13.5. The third-order valence-corrected chi connectivity index (χ3v) is 5.78. The number of amides is 3. The number of rotatable bonds is 4. The van der Waals surface area contributed by atoms with E-state index in [0.717, 1.165) is 5.69 Å². The third-order valence-electron chi connectivity index (χ3n) is 5.78. The van der Waals surface area contributed by atoms with Gasteiger partial charge in [-0.2, -0.15) is 0 Å². The van der Waals surface area contributed by atoms with Gasteiger partial charge < -0.3 is 20.0 Å². The Morgan fingerprint density at radius 1 is 1.00 bits per heavy atom. The highest BCUT2D eigenvalue weighted by molar-refractivity contribution is 5.97. The Bertz CT molecular complexity index is 987. The molecular weight excluding hydrogens is 399 g/mol. The zero-order chi connectivity index (χ0) is 22.0. The Kier molecular flexibility index (Phi) is 5.88. The Morgan fingerprint density at radius 2 is 1.71 bits per heavy atom. The predicted molar refractivity (Wildman–Crippen MR) is 116 cm³/mol. The number of carbonyl (C=O) groups is 3. The number of anilines is 2. The van der Waals surface area contributed by atoms with E-state index in [1.807, 2.05) is 24.3 Å². The first-order valence-electron chi connectivity index (χ1n) is 10.4. The summed E-state index contributed by atoms with van der Waals surface area (Å²) in [5.41, 5.74) is 2.21. The molecule has 0 spiro atoms. The average Bonchev–Trinajstić information content (AvgIpc) is 3.14. The van der Waals surface area contributed by atoms with Crippen LogP contribution in [0.3, 0.4) is 0 Å². The maximum absolute atomic E-state index is 13.5. The van der Waals surface area contributed by atoms with E-state index >= 15 is 0 Å². The SMILES string of the molecule is CC(=O)c1ccc(N2CCN(C(=O)N[C@H]3CC(=O)N(c4cccc(F)c4)C3)CC2)cc1. The monoisotopic (exact) mass is 424 g/mol. The molecule has 0 aliphatic carbocycles. The summed E-state index contributed by atoms with van der Waals surface area (Å²) in [6, 6.07) is 12.9. The minimum atomic E-state index is -0.397. The molecule has 8 heteroatoms. The van der Waals surface area contributed by atoms with Crippen molar-refractivity contribution >= 4 is 29.1 Å². The summed E-state index contributed by atoms with van der Waals surface area (Å²) >= 11 is 0. The minimum Gasteiger partial charge on any atom is -0.368 e. The molecule has 2 aromatic rings. The zero-order valence-electron chi connectivity index (χ0n) is 17.4. The number of ketones is 1. The van der Waals surface area contributed by atoms with Crippen LogP contribution in [-0.4, -0.2) is 61.4 Å². The van der Waals surface area contributed by atoms with Gasteiger partial charge in [-0.1, -0.05) is 6.07 Å².